The molecular formula is C14H31O2Si2. The highest BCUT2D eigenvalue weighted by Crippen LogP contribution is 2.37. The normalized spacial score (nSPS) is 16.2. The predicted molar refractivity (Wildman–Crippen MR) is 85.0 cm³/mol. The van der Waals surface area contributed by atoms with Gasteiger partial charge in [0.25, 0.3) is 0 Å². The lowest BCUT2D eigenvalue weighted by atomic mass is 10.2. The van der Waals surface area contributed by atoms with Crippen molar-refractivity contribution in [2.75, 3.05) is 0 Å². The van der Waals surface area contributed by atoms with Crippen LogP contribution in [0.5, 0.6) is 0 Å². The Hall–Kier alpha value is -0.0962. The molecule has 1 radical (unpaired) electrons. The molecule has 0 spiro atoms. The van der Waals surface area contributed by atoms with E-state index in [1.165, 1.54) is 31.7 Å². The summed E-state index contributed by atoms with van der Waals surface area (Å²) < 4.78 is 5.53. The van der Waals surface area contributed by atoms with Crippen molar-refractivity contribution in [3.05, 3.63) is 0 Å². The zero-order valence-corrected chi connectivity index (χ0v) is 15.4. The first-order valence-corrected chi connectivity index (χ1v) is 13.9. The van der Waals surface area contributed by atoms with Gasteiger partial charge in [-0.3, -0.25) is 0 Å². The second-order valence-electron chi connectivity index (χ2n) is 7.16. The first-order valence-electron chi connectivity index (χ1n) is 7.17. The van der Waals surface area contributed by atoms with Crippen LogP contribution >= 0.6 is 0 Å². The fourth-order valence-corrected chi connectivity index (χ4v) is 13.4. The largest absolute Gasteiger partial charge is 0.459 e. The molecule has 1 atom stereocenters. The van der Waals surface area contributed by atoms with E-state index in [0.29, 0.717) is 0 Å². The molecule has 0 aromatic heterocycles. The molecule has 4 heteroatoms. The first-order chi connectivity index (χ1) is 8.12. The maximum atomic E-state index is 10.8. The molecule has 0 bridgehead atoms. The highest BCUT2D eigenvalue weighted by molar-refractivity contribution is 6.99. The second kappa shape index (κ2) is 6.89. The molecule has 0 rings (SSSR count). The second-order valence-corrected chi connectivity index (χ2v) is 18.3. The highest BCUT2D eigenvalue weighted by Gasteiger charge is 2.53. The van der Waals surface area contributed by atoms with Gasteiger partial charge in [0.1, 0.15) is 0 Å². The fraction of sp³-hybridized carbons (Fsp3) is 0.929. The van der Waals surface area contributed by atoms with Crippen molar-refractivity contribution in [2.24, 2.45) is 0 Å². The van der Waals surface area contributed by atoms with E-state index in [-0.39, 0.29) is 4.85 Å². The maximum absolute atomic E-state index is 10.8. The summed E-state index contributed by atoms with van der Waals surface area (Å²) in [5.41, 5.74) is 0. The number of rotatable bonds is 9. The Bertz CT molecular complexity index is 259. The van der Waals surface area contributed by atoms with Crippen LogP contribution in [0.4, 0.5) is 0 Å². The third-order valence-corrected chi connectivity index (χ3v) is 16.2. The van der Waals surface area contributed by atoms with E-state index < -0.39 is 16.1 Å². The van der Waals surface area contributed by atoms with Gasteiger partial charge < -0.3 is 4.74 Å². The summed E-state index contributed by atoms with van der Waals surface area (Å²) >= 11 is 0. The minimum absolute atomic E-state index is 0.214. The SMILES string of the molecule is CCCCCC[Si](C)(C)C(C)(O[C]=O)[Si](C)(C)C. The van der Waals surface area contributed by atoms with Gasteiger partial charge >= 0.3 is 6.47 Å². The number of carbonyl (C=O) groups excluding carboxylic acids is 1. The molecule has 0 amide bonds. The molecule has 18 heavy (non-hydrogen) atoms. The number of unbranched alkanes of at least 4 members (excludes halogenated alkanes) is 3. The van der Waals surface area contributed by atoms with Crippen LogP contribution in [0.25, 0.3) is 0 Å². The van der Waals surface area contributed by atoms with E-state index >= 15 is 0 Å². The number of hydrogen-bond acceptors (Lipinski definition) is 2. The standard InChI is InChI=1S/C14H31O2Si2/c1-8-9-10-11-12-18(6,7)14(2,16-13-15)17(3,4)5/h8-12H2,1-7H3. The Labute approximate surface area is 116 Å². The van der Waals surface area contributed by atoms with Crippen molar-refractivity contribution < 1.29 is 9.53 Å². The topological polar surface area (TPSA) is 26.3 Å². The molecule has 0 N–H and O–H groups in total. The summed E-state index contributed by atoms with van der Waals surface area (Å²) in [6, 6.07) is 1.25. The Morgan fingerprint density at radius 1 is 1.06 bits per heavy atom. The minimum Gasteiger partial charge on any atom is -0.459 e. The van der Waals surface area contributed by atoms with Crippen LogP contribution in [0.1, 0.15) is 39.5 Å². The van der Waals surface area contributed by atoms with Gasteiger partial charge in [-0.2, -0.15) is 0 Å². The summed E-state index contributed by atoms with van der Waals surface area (Å²) in [5.74, 6) is 0. The van der Waals surface area contributed by atoms with Gasteiger partial charge in [0.05, 0.1) is 21.0 Å². The van der Waals surface area contributed by atoms with E-state index in [4.69, 9.17) is 4.74 Å². The van der Waals surface area contributed by atoms with Crippen LogP contribution < -0.4 is 0 Å². The Morgan fingerprint density at radius 2 is 1.61 bits per heavy atom. The van der Waals surface area contributed by atoms with Gasteiger partial charge in [0.15, 0.2) is 0 Å². The van der Waals surface area contributed by atoms with Gasteiger partial charge in [-0.25, -0.2) is 4.79 Å². The van der Waals surface area contributed by atoms with Crippen molar-refractivity contribution in [1.29, 1.82) is 0 Å². The molecule has 1 unspecified atom stereocenters. The van der Waals surface area contributed by atoms with E-state index in [1.54, 1.807) is 6.47 Å². The average Bonchev–Trinajstić information content (AvgIpc) is 2.23. The van der Waals surface area contributed by atoms with E-state index in [2.05, 4.69) is 46.6 Å². The lowest BCUT2D eigenvalue weighted by molar-refractivity contribution is 0.205. The molecule has 0 heterocycles. The molecular weight excluding hydrogens is 256 g/mol. The van der Waals surface area contributed by atoms with E-state index in [9.17, 15) is 4.79 Å². The van der Waals surface area contributed by atoms with Crippen molar-refractivity contribution in [2.45, 2.75) is 83.2 Å². The third-order valence-electron chi connectivity index (χ3n) is 4.62. The van der Waals surface area contributed by atoms with Gasteiger partial charge in [-0.1, -0.05) is 71.4 Å². The summed E-state index contributed by atoms with van der Waals surface area (Å²) in [5, 5.41) is 0. The van der Waals surface area contributed by atoms with Gasteiger partial charge in [0.2, 0.25) is 0 Å². The first kappa shape index (κ1) is 17.9. The zero-order chi connectivity index (χ0) is 14.4. The Morgan fingerprint density at radius 3 is 2.00 bits per heavy atom. The predicted octanol–water partition coefficient (Wildman–Crippen LogP) is 4.53. The number of ether oxygens (including phenoxy) is 1. The highest BCUT2D eigenvalue weighted by atomic mass is 28.4. The van der Waals surface area contributed by atoms with Crippen molar-refractivity contribution in [3.63, 3.8) is 0 Å². The van der Waals surface area contributed by atoms with Crippen molar-refractivity contribution in [3.8, 4) is 0 Å². The number of hydrogen-bond donors (Lipinski definition) is 0. The average molecular weight is 288 g/mol. The Balaban J connectivity index is 4.81. The fourth-order valence-electron chi connectivity index (χ4n) is 2.62. The van der Waals surface area contributed by atoms with Crippen LogP contribution in [0.3, 0.4) is 0 Å². The summed E-state index contributed by atoms with van der Waals surface area (Å²) in [4.78, 5) is 10.6. The van der Waals surface area contributed by atoms with Crippen LogP contribution in [0, 0.1) is 0 Å². The van der Waals surface area contributed by atoms with E-state index in [0.717, 1.165) is 0 Å². The summed E-state index contributed by atoms with van der Waals surface area (Å²) in [6.07, 6.45) is 5.16. The van der Waals surface area contributed by atoms with Crippen LogP contribution in [-0.2, 0) is 9.53 Å². The van der Waals surface area contributed by atoms with Crippen LogP contribution in [0.15, 0.2) is 0 Å². The third kappa shape index (κ3) is 4.23. The molecule has 0 aliphatic carbocycles. The van der Waals surface area contributed by atoms with Gasteiger partial charge in [-0.15, -0.1) is 0 Å². The molecule has 0 aliphatic heterocycles. The molecule has 0 saturated heterocycles. The smallest absolute Gasteiger partial charge is 0.417 e. The maximum Gasteiger partial charge on any atom is 0.417 e. The summed E-state index contributed by atoms with van der Waals surface area (Å²) in [7, 11) is -3.15. The molecule has 0 aromatic rings. The molecule has 0 aromatic carbocycles. The minimum atomic E-state index is -1.59. The molecule has 0 aliphatic rings. The Kier molecular flexibility index (Phi) is 6.86. The zero-order valence-electron chi connectivity index (χ0n) is 13.4. The molecule has 0 fully saturated rings. The lowest BCUT2D eigenvalue weighted by Gasteiger charge is -2.48. The lowest BCUT2D eigenvalue weighted by Crippen LogP contribution is -2.67. The molecule has 0 saturated carbocycles. The quantitative estimate of drug-likeness (QED) is 0.460. The van der Waals surface area contributed by atoms with Crippen LogP contribution in [0.2, 0.25) is 38.8 Å². The monoisotopic (exact) mass is 287 g/mol. The molecule has 107 valence electrons. The molecule has 2 nitrogen and oxygen atoms in total. The van der Waals surface area contributed by atoms with E-state index in [1.807, 2.05) is 0 Å². The summed E-state index contributed by atoms with van der Waals surface area (Å²) in [6.45, 7) is 17.8. The van der Waals surface area contributed by atoms with Gasteiger partial charge in [-0.05, 0) is 6.92 Å². The van der Waals surface area contributed by atoms with Gasteiger partial charge in [0, 0.05) is 0 Å². The van der Waals surface area contributed by atoms with Crippen LogP contribution in [-0.4, -0.2) is 27.5 Å². The van der Waals surface area contributed by atoms with Crippen molar-refractivity contribution >= 4 is 22.6 Å². The van der Waals surface area contributed by atoms with Crippen molar-refractivity contribution in [1.82, 2.24) is 0 Å².